The summed E-state index contributed by atoms with van der Waals surface area (Å²) >= 11 is 0. The smallest absolute Gasteiger partial charge is 0.276 e. The second-order valence-electron chi connectivity index (χ2n) is 5.55. The Kier molecular flexibility index (Phi) is 4.09. The van der Waals surface area contributed by atoms with Crippen LogP contribution in [-0.4, -0.2) is 40.1 Å². The Morgan fingerprint density at radius 2 is 2.09 bits per heavy atom. The fourth-order valence-corrected chi connectivity index (χ4v) is 2.56. The molecule has 2 aromatic rings. The molecule has 0 bridgehead atoms. The molecule has 1 saturated heterocycles. The van der Waals surface area contributed by atoms with Crippen LogP contribution in [0.1, 0.15) is 34.8 Å². The van der Waals surface area contributed by atoms with E-state index in [1.165, 1.54) is 0 Å². The van der Waals surface area contributed by atoms with Crippen LogP contribution in [0.4, 0.5) is 0 Å². The fraction of sp³-hybridized carbons (Fsp3) is 0.438. The maximum absolute atomic E-state index is 12.3. The van der Waals surface area contributed by atoms with E-state index in [-0.39, 0.29) is 12.0 Å². The van der Waals surface area contributed by atoms with Gasteiger partial charge < -0.3 is 14.2 Å². The first-order valence-electron chi connectivity index (χ1n) is 7.45. The zero-order valence-electron chi connectivity index (χ0n) is 12.8. The largest absolute Gasteiger partial charge is 0.474 e. The van der Waals surface area contributed by atoms with E-state index >= 15 is 0 Å². The minimum absolute atomic E-state index is 0.0796. The van der Waals surface area contributed by atoms with Crippen molar-refractivity contribution in [1.29, 1.82) is 0 Å². The van der Waals surface area contributed by atoms with Crippen molar-refractivity contribution in [3.05, 3.63) is 41.4 Å². The summed E-state index contributed by atoms with van der Waals surface area (Å²) in [5.74, 6) is 1.22. The Balaban J connectivity index is 1.55. The lowest BCUT2D eigenvalue weighted by Gasteiger charge is -2.31. The van der Waals surface area contributed by atoms with Crippen LogP contribution < -0.4 is 4.74 Å². The average Bonchev–Trinajstić information content (AvgIpc) is 2.94. The highest BCUT2D eigenvalue weighted by atomic mass is 16.5. The number of piperidine rings is 1. The number of aryl methyl sites for hydroxylation is 2. The molecular formula is C16H19N3O3. The summed E-state index contributed by atoms with van der Waals surface area (Å²) < 4.78 is 10.8. The summed E-state index contributed by atoms with van der Waals surface area (Å²) in [6, 6.07) is 7.40. The van der Waals surface area contributed by atoms with Gasteiger partial charge in [-0.05, 0) is 19.9 Å². The lowest BCUT2D eigenvalue weighted by molar-refractivity contribution is 0.0578. The predicted octanol–water partition coefficient (Wildman–Crippen LogP) is 2.37. The van der Waals surface area contributed by atoms with Crippen molar-refractivity contribution in [3.63, 3.8) is 0 Å². The second kappa shape index (κ2) is 6.17. The number of hydrogen-bond acceptors (Lipinski definition) is 5. The number of carbonyl (C=O) groups is 1. The Morgan fingerprint density at radius 3 is 2.73 bits per heavy atom. The zero-order chi connectivity index (χ0) is 15.5. The highest BCUT2D eigenvalue weighted by Crippen LogP contribution is 2.19. The third kappa shape index (κ3) is 3.27. The lowest BCUT2D eigenvalue weighted by atomic mass is 10.1. The van der Waals surface area contributed by atoms with E-state index < -0.39 is 0 Å². The van der Waals surface area contributed by atoms with Gasteiger partial charge in [0.05, 0.1) is 0 Å². The van der Waals surface area contributed by atoms with E-state index in [1.54, 1.807) is 17.9 Å². The maximum atomic E-state index is 12.3. The molecule has 0 unspecified atom stereocenters. The zero-order valence-corrected chi connectivity index (χ0v) is 12.8. The molecule has 1 amide bonds. The number of likely N-dealkylation sites (tertiary alicyclic amines) is 1. The molecule has 3 rings (SSSR count). The van der Waals surface area contributed by atoms with E-state index in [0.717, 1.165) is 18.5 Å². The first-order valence-corrected chi connectivity index (χ1v) is 7.45. The molecule has 0 aliphatic carbocycles. The van der Waals surface area contributed by atoms with E-state index in [4.69, 9.17) is 9.26 Å². The number of hydrogen-bond donors (Lipinski definition) is 0. The quantitative estimate of drug-likeness (QED) is 0.870. The van der Waals surface area contributed by atoms with E-state index in [1.807, 2.05) is 25.1 Å². The SMILES string of the molecule is Cc1cccc(OC2CCN(C(=O)c3cc(C)on3)CC2)n1. The van der Waals surface area contributed by atoms with E-state index in [9.17, 15) is 4.79 Å². The van der Waals surface area contributed by atoms with Crippen molar-refractivity contribution >= 4 is 5.91 Å². The molecule has 1 aliphatic rings. The van der Waals surface area contributed by atoms with E-state index in [2.05, 4.69) is 10.1 Å². The molecule has 1 fully saturated rings. The highest BCUT2D eigenvalue weighted by molar-refractivity contribution is 5.92. The van der Waals surface area contributed by atoms with Crippen LogP contribution in [0.15, 0.2) is 28.8 Å². The van der Waals surface area contributed by atoms with Gasteiger partial charge in [0.25, 0.3) is 5.91 Å². The van der Waals surface area contributed by atoms with Gasteiger partial charge in [-0.15, -0.1) is 0 Å². The molecule has 6 nitrogen and oxygen atoms in total. The Labute approximate surface area is 129 Å². The summed E-state index contributed by atoms with van der Waals surface area (Å²) in [6.45, 7) is 5.02. The van der Waals surface area contributed by atoms with Crippen LogP contribution in [0.25, 0.3) is 0 Å². The molecule has 0 spiro atoms. The number of aromatic nitrogens is 2. The van der Waals surface area contributed by atoms with Gasteiger partial charge in [0.15, 0.2) is 5.69 Å². The van der Waals surface area contributed by atoms with Crippen molar-refractivity contribution in [2.75, 3.05) is 13.1 Å². The van der Waals surface area contributed by atoms with Gasteiger partial charge in [0, 0.05) is 43.8 Å². The van der Waals surface area contributed by atoms with Crippen molar-refractivity contribution in [2.45, 2.75) is 32.8 Å². The maximum Gasteiger partial charge on any atom is 0.276 e. The van der Waals surface area contributed by atoms with Crippen molar-refractivity contribution in [2.24, 2.45) is 0 Å². The fourth-order valence-electron chi connectivity index (χ4n) is 2.56. The lowest BCUT2D eigenvalue weighted by Crippen LogP contribution is -2.42. The molecule has 6 heteroatoms. The second-order valence-corrected chi connectivity index (χ2v) is 5.55. The number of amides is 1. The molecule has 1 aliphatic heterocycles. The van der Waals surface area contributed by atoms with Gasteiger partial charge in [-0.1, -0.05) is 11.2 Å². The summed E-state index contributed by atoms with van der Waals surface area (Å²) in [5, 5.41) is 3.78. The van der Waals surface area contributed by atoms with Crippen LogP contribution >= 0.6 is 0 Å². The Bertz CT molecular complexity index is 660. The molecule has 3 heterocycles. The molecular weight excluding hydrogens is 282 g/mol. The standard InChI is InChI=1S/C16H19N3O3/c1-11-4-3-5-15(17-11)21-13-6-8-19(9-7-13)16(20)14-10-12(2)22-18-14/h3-5,10,13H,6-9H2,1-2H3. The number of ether oxygens (including phenoxy) is 1. The van der Waals surface area contributed by atoms with Crippen LogP contribution in [0.5, 0.6) is 5.88 Å². The molecule has 22 heavy (non-hydrogen) atoms. The number of carbonyl (C=O) groups excluding carboxylic acids is 1. The number of nitrogens with zero attached hydrogens (tertiary/aromatic N) is 3. The van der Waals surface area contributed by atoms with E-state index in [0.29, 0.717) is 30.4 Å². The van der Waals surface area contributed by atoms with Gasteiger partial charge >= 0.3 is 0 Å². The Hall–Kier alpha value is -2.37. The van der Waals surface area contributed by atoms with Gasteiger partial charge in [-0.3, -0.25) is 4.79 Å². The average molecular weight is 301 g/mol. The normalized spacial score (nSPS) is 15.8. The molecule has 0 aromatic carbocycles. The molecule has 0 radical (unpaired) electrons. The Morgan fingerprint density at radius 1 is 1.32 bits per heavy atom. The predicted molar refractivity (Wildman–Crippen MR) is 79.8 cm³/mol. The first-order chi connectivity index (χ1) is 10.6. The van der Waals surface area contributed by atoms with Crippen molar-refractivity contribution in [3.8, 4) is 5.88 Å². The molecule has 116 valence electrons. The molecule has 0 atom stereocenters. The van der Waals surface area contributed by atoms with Crippen LogP contribution in [0.2, 0.25) is 0 Å². The van der Waals surface area contributed by atoms with Gasteiger partial charge in [0.2, 0.25) is 5.88 Å². The highest BCUT2D eigenvalue weighted by Gasteiger charge is 2.26. The van der Waals surface area contributed by atoms with Gasteiger partial charge in [-0.2, -0.15) is 0 Å². The van der Waals surface area contributed by atoms with Crippen molar-refractivity contribution in [1.82, 2.24) is 15.0 Å². The monoisotopic (exact) mass is 301 g/mol. The third-order valence-corrected chi connectivity index (χ3v) is 3.73. The van der Waals surface area contributed by atoms with Gasteiger partial charge in [0.1, 0.15) is 11.9 Å². The summed E-state index contributed by atoms with van der Waals surface area (Å²) in [6.07, 6.45) is 1.67. The topological polar surface area (TPSA) is 68.5 Å². The van der Waals surface area contributed by atoms with Crippen LogP contribution in [0.3, 0.4) is 0 Å². The summed E-state index contributed by atoms with van der Waals surface area (Å²) in [5.41, 5.74) is 1.31. The molecule has 0 N–H and O–H groups in total. The van der Waals surface area contributed by atoms with Gasteiger partial charge in [-0.25, -0.2) is 4.98 Å². The molecule has 0 saturated carbocycles. The first kappa shape index (κ1) is 14.6. The number of rotatable bonds is 3. The van der Waals surface area contributed by atoms with Crippen molar-refractivity contribution < 1.29 is 14.1 Å². The minimum atomic E-state index is -0.0796. The summed E-state index contributed by atoms with van der Waals surface area (Å²) in [7, 11) is 0. The number of pyridine rings is 1. The van der Waals surface area contributed by atoms with Crippen LogP contribution in [-0.2, 0) is 0 Å². The van der Waals surface area contributed by atoms with Crippen LogP contribution in [0, 0.1) is 13.8 Å². The molecule has 2 aromatic heterocycles. The third-order valence-electron chi connectivity index (χ3n) is 3.73. The minimum Gasteiger partial charge on any atom is -0.474 e. The summed E-state index contributed by atoms with van der Waals surface area (Å²) in [4.78, 5) is 18.4.